The second kappa shape index (κ2) is 5.83. The Balaban J connectivity index is 4.32. The Labute approximate surface area is 84.4 Å². The van der Waals surface area contributed by atoms with E-state index in [2.05, 4.69) is 16.6 Å². The van der Waals surface area contributed by atoms with E-state index in [1.54, 1.807) is 6.08 Å². The summed E-state index contributed by atoms with van der Waals surface area (Å²) in [5.41, 5.74) is -0.318. The number of methoxy groups -OCH3 is 1. The summed E-state index contributed by atoms with van der Waals surface area (Å²) in [6, 6.07) is 1.90. The molecule has 3 heteroatoms. The van der Waals surface area contributed by atoms with Gasteiger partial charge in [-0.05, 0) is 20.3 Å². The highest BCUT2D eigenvalue weighted by molar-refractivity contribution is 5.88. The third kappa shape index (κ3) is 5.85. The van der Waals surface area contributed by atoms with E-state index in [4.69, 9.17) is 5.26 Å². The molecule has 0 rings (SSSR count). The van der Waals surface area contributed by atoms with Crippen LogP contribution in [0.5, 0.6) is 0 Å². The molecule has 3 nitrogen and oxygen atoms in total. The van der Waals surface area contributed by atoms with Gasteiger partial charge in [0.1, 0.15) is 0 Å². The molecule has 0 aliphatic rings. The molecule has 0 aromatic rings. The predicted molar refractivity (Wildman–Crippen MR) is 52.9 cm³/mol. The summed E-state index contributed by atoms with van der Waals surface area (Å²) in [7, 11) is 1.29. The first-order valence-electron chi connectivity index (χ1n) is 4.17. The average Bonchev–Trinajstić information content (AvgIpc) is 2.14. The van der Waals surface area contributed by atoms with Gasteiger partial charge in [-0.15, -0.1) is 0 Å². The van der Waals surface area contributed by atoms with Crippen LogP contribution in [-0.4, -0.2) is 13.1 Å². The molecule has 0 radical (unpaired) electrons. The lowest BCUT2D eigenvalue weighted by atomic mass is 9.90. The Hall–Kier alpha value is -1.74. The van der Waals surface area contributed by atoms with Crippen LogP contribution in [0, 0.1) is 28.6 Å². The fraction of sp³-hybridized carbons (Fsp3) is 0.455. The molecule has 0 atom stereocenters. The van der Waals surface area contributed by atoms with E-state index in [9.17, 15) is 4.79 Å². The van der Waals surface area contributed by atoms with Crippen LogP contribution in [0.4, 0.5) is 0 Å². The second-order valence-corrected chi connectivity index (χ2v) is 3.36. The van der Waals surface area contributed by atoms with E-state index < -0.39 is 5.97 Å². The maximum Gasteiger partial charge on any atom is 0.384 e. The van der Waals surface area contributed by atoms with Crippen LogP contribution in [0.2, 0.25) is 0 Å². The van der Waals surface area contributed by atoms with E-state index in [0.717, 1.165) is 0 Å². The van der Waals surface area contributed by atoms with E-state index in [1.165, 1.54) is 13.2 Å². The Morgan fingerprint density at radius 1 is 1.57 bits per heavy atom. The molecule has 0 aromatic carbocycles. The summed E-state index contributed by atoms with van der Waals surface area (Å²) in [5, 5.41) is 8.27. The number of esters is 1. The van der Waals surface area contributed by atoms with Crippen molar-refractivity contribution in [3.63, 3.8) is 0 Å². The van der Waals surface area contributed by atoms with Crippen LogP contribution in [0.3, 0.4) is 0 Å². The van der Waals surface area contributed by atoms with E-state index in [1.807, 2.05) is 19.9 Å². The largest absolute Gasteiger partial charge is 0.459 e. The molecule has 0 aromatic heterocycles. The van der Waals surface area contributed by atoms with Gasteiger partial charge < -0.3 is 4.74 Å². The van der Waals surface area contributed by atoms with Crippen LogP contribution in [0.15, 0.2) is 12.2 Å². The Bertz CT molecular complexity index is 323. The molecule has 0 unspecified atom stereocenters. The zero-order chi connectivity index (χ0) is 11.0. The van der Waals surface area contributed by atoms with Crippen LogP contribution >= 0.6 is 0 Å². The molecular weight excluding hydrogens is 178 g/mol. The van der Waals surface area contributed by atoms with Crippen molar-refractivity contribution in [2.75, 3.05) is 7.11 Å². The first kappa shape index (κ1) is 12.3. The van der Waals surface area contributed by atoms with Gasteiger partial charge in [-0.2, -0.15) is 5.26 Å². The molecule has 0 heterocycles. The van der Waals surface area contributed by atoms with Gasteiger partial charge in [0.05, 0.1) is 13.2 Å². The molecule has 74 valence electrons. The third-order valence-corrected chi connectivity index (χ3v) is 1.51. The number of nitrogens with zero attached hydrogens (tertiary/aromatic N) is 1. The summed E-state index contributed by atoms with van der Waals surface area (Å²) in [6.07, 6.45) is 3.76. The van der Waals surface area contributed by atoms with Crippen LogP contribution in [0.25, 0.3) is 0 Å². The number of hydrogen-bond acceptors (Lipinski definition) is 3. The van der Waals surface area contributed by atoms with Gasteiger partial charge in [0, 0.05) is 17.4 Å². The fourth-order valence-corrected chi connectivity index (χ4v) is 0.729. The van der Waals surface area contributed by atoms with Crippen molar-refractivity contribution in [2.45, 2.75) is 20.3 Å². The highest BCUT2D eigenvalue weighted by Gasteiger charge is 2.12. The summed E-state index contributed by atoms with van der Waals surface area (Å²) in [6.45, 7) is 3.79. The zero-order valence-corrected chi connectivity index (χ0v) is 8.63. The molecular formula is C11H13NO2. The van der Waals surface area contributed by atoms with Crippen LogP contribution in [-0.2, 0) is 9.53 Å². The standard InChI is InChI=1S/C11H13NO2/c1-11(2,7-4-5-9-12)8-6-10(13)14-3/h4-5H,7H2,1-3H3/b5-4+. The molecule has 0 bridgehead atoms. The van der Waals surface area contributed by atoms with Gasteiger partial charge in [0.25, 0.3) is 0 Å². The van der Waals surface area contributed by atoms with E-state index >= 15 is 0 Å². The number of carbonyl (C=O) groups is 1. The average molecular weight is 191 g/mol. The number of rotatable bonds is 2. The highest BCUT2D eigenvalue weighted by atomic mass is 16.5. The number of allylic oxidation sites excluding steroid dienone is 2. The van der Waals surface area contributed by atoms with E-state index in [0.29, 0.717) is 6.42 Å². The van der Waals surface area contributed by atoms with E-state index in [-0.39, 0.29) is 5.41 Å². The molecule has 0 amide bonds. The molecule has 0 saturated heterocycles. The van der Waals surface area contributed by atoms with Gasteiger partial charge in [-0.25, -0.2) is 4.79 Å². The molecule has 0 aliphatic heterocycles. The molecule has 0 saturated carbocycles. The topological polar surface area (TPSA) is 50.1 Å². The second-order valence-electron chi connectivity index (χ2n) is 3.36. The van der Waals surface area contributed by atoms with Crippen molar-refractivity contribution in [1.82, 2.24) is 0 Å². The number of hydrogen-bond donors (Lipinski definition) is 0. The van der Waals surface area contributed by atoms with Gasteiger partial charge in [-0.1, -0.05) is 12.0 Å². The first-order valence-corrected chi connectivity index (χ1v) is 4.17. The minimum Gasteiger partial charge on any atom is -0.459 e. The lowest BCUT2D eigenvalue weighted by Gasteiger charge is -2.13. The van der Waals surface area contributed by atoms with Crippen LogP contribution < -0.4 is 0 Å². The SMILES string of the molecule is COC(=O)C#CC(C)(C)C/C=C/C#N. The maximum absolute atomic E-state index is 10.7. The number of carbonyl (C=O) groups excluding carboxylic acids is 1. The lowest BCUT2D eigenvalue weighted by Crippen LogP contribution is -2.07. The Morgan fingerprint density at radius 3 is 2.71 bits per heavy atom. The summed E-state index contributed by atoms with van der Waals surface area (Å²) >= 11 is 0. The number of nitriles is 1. The van der Waals surface area contributed by atoms with Crippen molar-refractivity contribution < 1.29 is 9.53 Å². The zero-order valence-electron chi connectivity index (χ0n) is 8.63. The summed E-state index contributed by atoms with van der Waals surface area (Å²) in [4.78, 5) is 10.7. The van der Waals surface area contributed by atoms with Crippen molar-refractivity contribution in [3.8, 4) is 17.9 Å². The molecule has 0 aliphatic carbocycles. The molecule has 0 N–H and O–H groups in total. The number of ether oxygens (including phenoxy) is 1. The summed E-state index contributed by atoms with van der Waals surface area (Å²) < 4.78 is 4.39. The van der Waals surface area contributed by atoms with Crippen molar-refractivity contribution in [1.29, 1.82) is 5.26 Å². The van der Waals surface area contributed by atoms with Crippen molar-refractivity contribution in [2.24, 2.45) is 5.41 Å². The maximum atomic E-state index is 10.7. The molecule has 14 heavy (non-hydrogen) atoms. The minimum absolute atomic E-state index is 0.318. The smallest absolute Gasteiger partial charge is 0.384 e. The Morgan fingerprint density at radius 2 is 2.21 bits per heavy atom. The van der Waals surface area contributed by atoms with Gasteiger partial charge >= 0.3 is 5.97 Å². The monoisotopic (exact) mass is 191 g/mol. The molecule has 0 fully saturated rings. The van der Waals surface area contributed by atoms with Crippen molar-refractivity contribution in [3.05, 3.63) is 12.2 Å². The van der Waals surface area contributed by atoms with Gasteiger partial charge in [0.2, 0.25) is 0 Å². The molecule has 0 spiro atoms. The van der Waals surface area contributed by atoms with Gasteiger partial charge in [-0.3, -0.25) is 0 Å². The van der Waals surface area contributed by atoms with Crippen LogP contribution in [0.1, 0.15) is 20.3 Å². The first-order chi connectivity index (χ1) is 6.52. The minimum atomic E-state index is -0.540. The predicted octanol–water partition coefficient (Wildman–Crippen LogP) is 1.66. The highest BCUT2D eigenvalue weighted by Crippen LogP contribution is 2.18. The normalized spacial score (nSPS) is 10.1. The Kier molecular flexibility index (Phi) is 5.10. The fourth-order valence-electron chi connectivity index (χ4n) is 0.729. The van der Waals surface area contributed by atoms with Gasteiger partial charge in [0.15, 0.2) is 0 Å². The lowest BCUT2D eigenvalue weighted by molar-refractivity contribution is -0.133. The summed E-state index contributed by atoms with van der Waals surface area (Å²) in [5.74, 6) is 4.62. The van der Waals surface area contributed by atoms with Crippen molar-refractivity contribution >= 4 is 5.97 Å². The quantitative estimate of drug-likeness (QED) is 0.288. The third-order valence-electron chi connectivity index (χ3n) is 1.51.